The Hall–Kier alpha value is -0.780. The van der Waals surface area contributed by atoms with E-state index in [4.69, 9.17) is 0 Å². The van der Waals surface area contributed by atoms with Crippen molar-refractivity contribution in [2.24, 2.45) is 4.99 Å². The fraction of sp³-hybridized carbons (Fsp3) is 0.533. The van der Waals surface area contributed by atoms with Gasteiger partial charge in [0.1, 0.15) is 0 Å². The van der Waals surface area contributed by atoms with Gasteiger partial charge in [-0.25, -0.2) is 0 Å². The average Bonchev–Trinajstić information content (AvgIpc) is 2.30. The Labute approximate surface area is 134 Å². The number of nitrogens with zero attached hydrogens (tertiary/aromatic N) is 1. The smallest absolute Gasteiger partial charge is 0.191 e. The Morgan fingerprint density at radius 1 is 1.26 bits per heavy atom. The summed E-state index contributed by atoms with van der Waals surface area (Å²) in [5.74, 6) is 0.870. The monoisotopic (exact) mass is 375 g/mol. The lowest BCUT2D eigenvalue weighted by atomic mass is 10.0. The maximum atomic E-state index is 4.19. The molecule has 3 nitrogen and oxygen atoms in total. The van der Waals surface area contributed by atoms with Gasteiger partial charge in [0.15, 0.2) is 5.96 Å². The fourth-order valence-corrected chi connectivity index (χ4v) is 1.91. The minimum Gasteiger partial charge on any atom is -0.356 e. The molecule has 0 bridgehead atoms. The van der Waals surface area contributed by atoms with E-state index in [1.165, 1.54) is 16.7 Å². The summed E-state index contributed by atoms with van der Waals surface area (Å²) in [5.41, 5.74) is 4.08. The quantitative estimate of drug-likeness (QED) is 0.482. The normalized spacial score (nSPS) is 11.2. The summed E-state index contributed by atoms with van der Waals surface area (Å²) >= 11 is 0. The Balaban J connectivity index is 0.00000324. The second kappa shape index (κ2) is 9.18. The van der Waals surface area contributed by atoms with Crippen molar-refractivity contribution >= 4 is 29.9 Å². The van der Waals surface area contributed by atoms with Crippen molar-refractivity contribution in [3.63, 3.8) is 0 Å². The van der Waals surface area contributed by atoms with E-state index >= 15 is 0 Å². The van der Waals surface area contributed by atoms with Gasteiger partial charge in [-0.1, -0.05) is 23.8 Å². The number of aryl methyl sites for hydroxylation is 2. The molecule has 19 heavy (non-hydrogen) atoms. The number of aliphatic imine (C=N–C) groups is 1. The van der Waals surface area contributed by atoms with Gasteiger partial charge in [0.25, 0.3) is 0 Å². The summed E-state index contributed by atoms with van der Waals surface area (Å²) in [6.45, 7) is 9.41. The van der Waals surface area contributed by atoms with Crippen LogP contribution in [-0.4, -0.2) is 25.6 Å². The number of hydrogen-bond donors (Lipinski definition) is 2. The van der Waals surface area contributed by atoms with Crippen LogP contribution >= 0.6 is 24.0 Å². The molecule has 0 aliphatic heterocycles. The van der Waals surface area contributed by atoms with Crippen molar-refractivity contribution in [2.45, 2.75) is 40.2 Å². The predicted molar refractivity (Wildman–Crippen MR) is 94.7 cm³/mol. The molecule has 0 aliphatic rings. The van der Waals surface area contributed by atoms with E-state index in [1.807, 2.05) is 0 Å². The molecule has 0 atom stereocenters. The van der Waals surface area contributed by atoms with Gasteiger partial charge < -0.3 is 10.6 Å². The van der Waals surface area contributed by atoms with Gasteiger partial charge in [-0.2, -0.15) is 0 Å². The lowest BCUT2D eigenvalue weighted by Gasteiger charge is -2.15. The van der Waals surface area contributed by atoms with Crippen LogP contribution in [0.1, 0.15) is 30.5 Å². The molecule has 0 aromatic heterocycles. The molecule has 0 fully saturated rings. The van der Waals surface area contributed by atoms with Crippen LogP contribution in [0.2, 0.25) is 0 Å². The SMILES string of the molecule is CN=C(NCCc1ccc(C)cc1C)NC(C)C.I. The summed E-state index contributed by atoms with van der Waals surface area (Å²) in [7, 11) is 1.80. The van der Waals surface area contributed by atoms with Gasteiger partial charge in [-0.15, -0.1) is 24.0 Å². The number of halogens is 1. The maximum Gasteiger partial charge on any atom is 0.191 e. The first kappa shape index (κ1) is 18.2. The molecule has 0 radical (unpaired) electrons. The van der Waals surface area contributed by atoms with E-state index in [1.54, 1.807) is 7.05 Å². The third-order valence-electron chi connectivity index (χ3n) is 2.83. The van der Waals surface area contributed by atoms with E-state index < -0.39 is 0 Å². The molecule has 0 unspecified atom stereocenters. The van der Waals surface area contributed by atoms with Crippen molar-refractivity contribution in [1.82, 2.24) is 10.6 Å². The predicted octanol–water partition coefficient (Wildman–Crippen LogP) is 3.04. The highest BCUT2D eigenvalue weighted by atomic mass is 127. The Bertz CT molecular complexity index is 414. The van der Waals surface area contributed by atoms with Crippen LogP contribution in [0.25, 0.3) is 0 Å². The zero-order valence-electron chi connectivity index (χ0n) is 12.6. The molecule has 1 aromatic rings. The molecule has 0 heterocycles. The minimum absolute atomic E-state index is 0. The lowest BCUT2D eigenvalue weighted by molar-refractivity contribution is 0.697. The van der Waals surface area contributed by atoms with Crippen LogP contribution in [0.4, 0.5) is 0 Å². The number of benzene rings is 1. The van der Waals surface area contributed by atoms with Gasteiger partial charge in [0.2, 0.25) is 0 Å². The summed E-state index contributed by atoms with van der Waals surface area (Å²) in [6.07, 6.45) is 1.02. The average molecular weight is 375 g/mol. The first-order valence-corrected chi connectivity index (χ1v) is 6.56. The summed E-state index contributed by atoms with van der Waals surface area (Å²) in [4.78, 5) is 4.19. The summed E-state index contributed by atoms with van der Waals surface area (Å²) < 4.78 is 0. The second-order valence-corrected chi connectivity index (χ2v) is 4.98. The highest BCUT2D eigenvalue weighted by Crippen LogP contribution is 2.10. The van der Waals surface area contributed by atoms with Crippen LogP contribution in [0.5, 0.6) is 0 Å². The third kappa shape index (κ3) is 6.80. The van der Waals surface area contributed by atoms with Crippen LogP contribution in [-0.2, 0) is 6.42 Å². The van der Waals surface area contributed by atoms with Crippen LogP contribution in [0.3, 0.4) is 0 Å². The molecule has 4 heteroatoms. The standard InChI is InChI=1S/C15H25N3.HI/c1-11(2)18-15(16-5)17-9-8-14-7-6-12(3)10-13(14)4;/h6-7,10-11H,8-9H2,1-5H3,(H2,16,17,18);1H. The molecule has 1 rings (SSSR count). The zero-order valence-corrected chi connectivity index (χ0v) is 14.9. The van der Waals surface area contributed by atoms with E-state index in [0.717, 1.165) is 18.9 Å². The van der Waals surface area contributed by atoms with E-state index in [0.29, 0.717) is 6.04 Å². The van der Waals surface area contributed by atoms with Gasteiger partial charge >= 0.3 is 0 Å². The molecule has 108 valence electrons. The zero-order chi connectivity index (χ0) is 13.5. The molecule has 0 spiro atoms. The molecule has 1 aromatic carbocycles. The van der Waals surface area contributed by atoms with Gasteiger partial charge in [-0.3, -0.25) is 4.99 Å². The first-order chi connectivity index (χ1) is 8.52. The van der Waals surface area contributed by atoms with Crippen molar-refractivity contribution in [1.29, 1.82) is 0 Å². The van der Waals surface area contributed by atoms with Crippen LogP contribution < -0.4 is 10.6 Å². The van der Waals surface area contributed by atoms with Crippen molar-refractivity contribution < 1.29 is 0 Å². The van der Waals surface area contributed by atoms with Gasteiger partial charge in [-0.05, 0) is 45.2 Å². The summed E-state index contributed by atoms with van der Waals surface area (Å²) in [5, 5.41) is 6.61. The fourth-order valence-electron chi connectivity index (χ4n) is 1.91. The van der Waals surface area contributed by atoms with Crippen LogP contribution in [0, 0.1) is 13.8 Å². The lowest BCUT2D eigenvalue weighted by Crippen LogP contribution is -2.41. The van der Waals surface area contributed by atoms with E-state index in [2.05, 4.69) is 61.5 Å². The van der Waals surface area contributed by atoms with E-state index in [-0.39, 0.29) is 24.0 Å². The summed E-state index contributed by atoms with van der Waals surface area (Å²) in [6, 6.07) is 7.02. The minimum atomic E-state index is 0. The molecular weight excluding hydrogens is 349 g/mol. The highest BCUT2D eigenvalue weighted by Gasteiger charge is 2.01. The molecule has 2 N–H and O–H groups in total. The second-order valence-electron chi connectivity index (χ2n) is 4.98. The van der Waals surface area contributed by atoms with Crippen molar-refractivity contribution in [3.8, 4) is 0 Å². The van der Waals surface area contributed by atoms with Gasteiger partial charge in [0, 0.05) is 19.6 Å². The third-order valence-corrected chi connectivity index (χ3v) is 2.83. The van der Waals surface area contributed by atoms with Crippen molar-refractivity contribution in [2.75, 3.05) is 13.6 Å². The molecule has 0 saturated carbocycles. The van der Waals surface area contributed by atoms with Crippen molar-refractivity contribution in [3.05, 3.63) is 34.9 Å². The molecule has 0 amide bonds. The Morgan fingerprint density at radius 2 is 1.95 bits per heavy atom. The Kier molecular flexibility index (Phi) is 8.80. The van der Waals surface area contributed by atoms with Gasteiger partial charge in [0.05, 0.1) is 0 Å². The maximum absolute atomic E-state index is 4.19. The topological polar surface area (TPSA) is 36.4 Å². The van der Waals surface area contributed by atoms with E-state index in [9.17, 15) is 0 Å². The van der Waals surface area contributed by atoms with Crippen LogP contribution in [0.15, 0.2) is 23.2 Å². The molecule has 0 saturated heterocycles. The first-order valence-electron chi connectivity index (χ1n) is 6.56. The largest absolute Gasteiger partial charge is 0.356 e. The number of guanidine groups is 1. The molecular formula is C15H26IN3. The molecule has 0 aliphatic carbocycles. The number of rotatable bonds is 4. The highest BCUT2D eigenvalue weighted by molar-refractivity contribution is 14.0. The number of hydrogen-bond acceptors (Lipinski definition) is 1. The number of nitrogens with one attached hydrogen (secondary N) is 2. The Morgan fingerprint density at radius 3 is 2.47 bits per heavy atom.